The molecular formula is C10H20N2O3. The molecule has 5 heteroatoms. The third kappa shape index (κ3) is 5.37. The molecule has 0 aliphatic rings. The quantitative estimate of drug-likeness (QED) is 0.643. The molecule has 0 aromatic rings. The zero-order valence-electron chi connectivity index (χ0n) is 9.62. The molecule has 0 aromatic carbocycles. The largest absolute Gasteiger partial charge is 0.394 e. The number of amides is 2. The van der Waals surface area contributed by atoms with Crippen molar-refractivity contribution in [3.8, 4) is 0 Å². The van der Waals surface area contributed by atoms with E-state index in [9.17, 15) is 9.59 Å². The fourth-order valence-corrected chi connectivity index (χ4v) is 0.983. The maximum absolute atomic E-state index is 11.5. The molecule has 0 spiro atoms. The van der Waals surface area contributed by atoms with Crippen molar-refractivity contribution in [3.63, 3.8) is 0 Å². The van der Waals surface area contributed by atoms with Gasteiger partial charge < -0.3 is 15.3 Å². The molecule has 0 aliphatic heterocycles. The van der Waals surface area contributed by atoms with Crippen molar-refractivity contribution < 1.29 is 14.7 Å². The standard InChI is InChI=1S/C10H20N2O3/c1-4-5-9(14)11-6-10(15)12(3)8(2)7-13/h8,13H,4-7H2,1-3H3,(H,11,14). The van der Waals surface area contributed by atoms with Gasteiger partial charge in [0.25, 0.3) is 0 Å². The number of nitrogens with one attached hydrogen (secondary N) is 1. The monoisotopic (exact) mass is 216 g/mol. The van der Waals surface area contributed by atoms with Crippen molar-refractivity contribution in [2.75, 3.05) is 20.2 Å². The zero-order valence-corrected chi connectivity index (χ0v) is 9.62. The molecule has 0 saturated carbocycles. The number of carbonyl (C=O) groups is 2. The van der Waals surface area contributed by atoms with E-state index in [-0.39, 0.29) is 31.0 Å². The predicted molar refractivity (Wildman–Crippen MR) is 57.2 cm³/mol. The Morgan fingerprint density at radius 1 is 1.47 bits per heavy atom. The van der Waals surface area contributed by atoms with E-state index in [1.807, 2.05) is 6.92 Å². The lowest BCUT2D eigenvalue weighted by Crippen LogP contribution is -2.43. The summed E-state index contributed by atoms with van der Waals surface area (Å²) in [5.74, 6) is -0.308. The number of hydrogen-bond donors (Lipinski definition) is 2. The first-order valence-corrected chi connectivity index (χ1v) is 5.16. The summed E-state index contributed by atoms with van der Waals surface area (Å²) in [6.07, 6.45) is 1.20. The van der Waals surface area contributed by atoms with E-state index < -0.39 is 0 Å². The van der Waals surface area contributed by atoms with Crippen LogP contribution in [0.1, 0.15) is 26.7 Å². The van der Waals surface area contributed by atoms with E-state index in [0.29, 0.717) is 6.42 Å². The molecule has 0 aliphatic carbocycles. The van der Waals surface area contributed by atoms with E-state index in [4.69, 9.17) is 5.11 Å². The number of carbonyl (C=O) groups excluding carboxylic acids is 2. The van der Waals surface area contributed by atoms with Crippen LogP contribution in [0.5, 0.6) is 0 Å². The minimum absolute atomic E-state index is 0.000324. The molecule has 5 nitrogen and oxygen atoms in total. The summed E-state index contributed by atoms with van der Waals surface area (Å²) in [6, 6.07) is -0.222. The van der Waals surface area contributed by atoms with Crippen LogP contribution < -0.4 is 5.32 Å². The van der Waals surface area contributed by atoms with Gasteiger partial charge in [-0.25, -0.2) is 0 Å². The molecule has 1 atom stereocenters. The Hall–Kier alpha value is -1.10. The molecule has 0 saturated heterocycles. The van der Waals surface area contributed by atoms with Crippen LogP contribution >= 0.6 is 0 Å². The number of aliphatic hydroxyl groups is 1. The minimum atomic E-state index is -0.222. The molecule has 15 heavy (non-hydrogen) atoms. The minimum Gasteiger partial charge on any atom is -0.394 e. The Morgan fingerprint density at radius 3 is 2.53 bits per heavy atom. The van der Waals surface area contributed by atoms with E-state index in [2.05, 4.69) is 5.32 Å². The van der Waals surface area contributed by atoms with Crippen LogP contribution in [0.2, 0.25) is 0 Å². The van der Waals surface area contributed by atoms with Crippen molar-refractivity contribution >= 4 is 11.8 Å². The summed E-state index contributed by atoms with van der Waals surface area (Å²) in [5, 5.41) is 11.4. The highest BCUT2D eigenvalue weighted by atomic mass is 16.3. The molecule has 0 aromatic heterocycles. The van der Waals surface area contributed by atoms with Crippen molar-refractivity contribution in [2.24, 2.45) is 0 Å². The fraction of sp³-hybridized carbons (Fsp3) is 0.800. The first-order valence-electron chi connectivity index (χ1n) is 5.16. The predicted octanol–water partition coefficient (Wildman–Crippen LogP) is -0.258. The number of nitrogens with zero attached hydrogens (tertiary/aromatic N) is 1. The van der Waals surface area contributed by atoms with Crippen LogP contribution in [0.4, 0.5) is 0 Å². The number of rotatable bonds is 6. The highest BCUT2D eigenvalue weighted by Gasteiger charge is 2.14. The van der Waals surface area contributed by atoms with E-state index in [1.165, 1.54) is 4.90 Å². The van der Waals surface area contributed by atoms with Gasteiger partial charge in [-0.2, -0.15) is 0 Å². The van der Waals surface area contributed by atoms with E-state index in [1.54, 1.807) is 14.0 Å². The van der Waals surface area contributed by atoms with Crippen molar-refractivity contribution in [2.45, 2.75) is 32.7 Å². The van der Waals surface area contributed by atoms with Crippen LogP contribution in [0.25, 0.3) is 0 Å². The Labute approximate surface area is 90.5 Å². The van der Waals surface area contributed by atoms with Crippen molar-refractivity contribution in [1.29, 1.82) is 0 Å². The van der Waals surface area contributed by atoms with Gasteiger partial charge in [0.2, 0.25) is 11.8 Å². The summed E-state index contributed by atoms with van der Waals surface area (Å²) < 4.78 is 0. The second kappa shape index (κ2) is 7.23. The van der Waals surface area contributed by atoms with Crippen molar-refractivity contribution in [1.82, 2.24) is 10.2 Å². The first-order chi connectivity index (χ1) is 7.02. The van der Waals surface area contributed by atoms with Gasteiger partial charge in [0.1, 0.15) is 0 Å². The van der Waals surface area contributed by atoms with E-state index in [0.717, 1.165) is 6.42 Å². The lowest BCUT2D eigenvalue weighted by molar-refractivity contribution is -0.133. The Morgan fingerprint density at radius 2 is 2.07 bits per heavy atom. The van der Waals surface area contributed by atoms with Crippen LogP contribution in [-0.2, 0) is 9.59 Å². The molecule has 0 rings (SSSR count). The van der Waals surface area contributed by atoms with Crippen molar-refractivity contribution in [3.05, 3.63) is 0 Å². The summed E-state index contributed by atoms with van der Waals surface area (Å²) >= 11 is 0. The third-order valence-electron chi connectivity index (χ3n) is 2.23. The van der Waals surface area contributed by atoms with Gasteiger partial charge in [-0.3, -0.25) is 9.59 Å². The third-order valence-corrected chi connectivity index (χ3v) is 2.23. The summed E-state index contributed by atoms with van der Waals surface area (Å²) in [7, 11) is 1.61. The second-order valence-electron chi connectivity index (χ2n) is 3.56. The molecule has 0 heterocycles. The number of likely N-dealkylation sites (N-methyl/N-ethyl adjacent to an activating group) is 1. The summed E-state index contributed by atoms with van der Waals surface area (Å²) in [4.78, 5) is 24.0. The molecule has 0 bridgehead atoms. The average molecular weight is 216 g/mol. The molecular weight excluding hydrogens is 196 g/mol. The molecule has 1 unspecified atom stereocenters. The van der Waals surface area contributed by atoms with Gasteiger partial charge in [-0.15, -0.1) is 0 Å². The second-order valence-corrected chi connectivity index (χ2v) is 3.56. The lowest BCUT2D eigenvalue weighted by Gasteiger charge is -2.23. The highest BCUT2D eigenvalue weighted by molar-refractivity contribution is 5.84. The van der Waals surface area contributed by atoms with Crippen LogP contribution in [0.15, 0.2) is 0 Å². The van der Waals surface area contributed by atoms with Gasteiger partial charge in [-0.05, 0) is 13.3 Å². The summed E-state index contributed by atoms with van der Waals surface area (Å²) in [5.41, 5.74) is 0. The number of aliphatic hydroxyl groups excluding tert-OH is 1. The van der Waals surface area contributed by atoms with Gasteiger partial charge in [0.05, 0.1) is 19.2 Å². The summed E-state index contributed by atoms with van der Waals surface area (Å²) in [6.45, 7) is 3.57. The fourth-order valence-electron chi connectivity index (χ4n) is 0.983. The molecule has 0 radical (unpaired) electrons. The SMILES string of the molecule is CCCC(=O)NCC(=O)N(C)C(C)CO. The van der Waals surface area contributed by atoms with Crippen LogP contribution in [0, 0.1) is 0 Å². The highest BCUT2D eigenvalue weighted by Crippen LogP contribution is 1.94. The molecule has 2 N–H and O–H groups in total. The topological polar surface area (TPSA) is 69.6 Å². The molecule has 0 fully saturated rings. The number of hydrogen-bond acceptors (Lipinski definition) is 3. The first kappa shape index (κ1) is 13.9. The maximum atomic E-state index is 11.5. The van der Waals surface area contributed by atoms with E-state index >= 15 is 0 Å². The molecule has 2 amide bonds. The molecule has 88 valence electrons. The Bertz CT molecular complexity index is 219. The lowest BCUT2D eigenvalue weighted by atomic mass is 10.3. The maximum Gasteiger partial charge on any atom is 0.242 e. The Balaban J connectivity index is 3.88. The van der Waals surface area contributed by atoms with Gasteiger partial charge in [0, 0.05) is 13.5 Å². The van der Waals surface area contributed by atoms with Crippen LogP contribution in [-0.4, -0.2) is 48.1 Å². The average Bonchev–Trinajstić information content (AvgIpc) is 2.24. The Kier molecular flexibility index (Phi) is 6.70. The normalized spacial score (nSPS) is 12.0. The zero-order chi connectivity index (χ0) is 11.8. The van der Waals surface area contributed by atoms with Gasteiger partial charge >= 0.3 is 0 Å². The van der Waals surface area contributed by atoms with Gasteiger partial charge in [0.15, 0.2) is 0 Å². The smallest absolute Gasteiger partial charge is 0.242 e. The van der Waals surface area contributed by atoms with Gasteiger partial charge in [-0.1, -0.05) is 6.92 Å². The van der Waals surface area contributed by atoms with Crippen LogP contribution in [0.3, 0.4) is 0 Å².